The average Bonchev–Trinajstić information content (AvgIpc) is 2.98. The highest BCUT2D eigenvalue weighted by Gasteiger charge is 2.50. The van der Waals surface area contributed by atoms with Crippen LogP contribution in [-0.2, 0) is 4.87 Å². The highest BCUT2D eigenvalue weighted by Crippen LogP contribution is 2.54. The van der Waals surface area contributed by atoms with Crippen LogP contribution in [0.15, 0.2) is 47.6 Å². The molecule has 2 aliphatic heterocycles. The first-order valence-corrected chi connectivity index (χ1v) is 9.07. The van der Waals surface area contributed by atoms with Gasteiger partial charge >= 0.3 is 0 Å². The number of fused-ring (bicyclic) bond motifs is 2. The minimum Gasteiger partial charge on any atom is -0.493 e. The fraction of sp³-hybridized carbons (Fsp3) is 0.316. The zero-order valence-electron chi connectivity index (χ0n) is 14.0. The van der Waals surface area contributed by atoms with Gasteiger partial charge in [0.25, 0.3) is 0 Å². The third kappa shape index (κ3) is 2.59. The molecule has 2 heterocycles. The number of para-hydroxylation sites is 1. The van der Waals surface area contributed by atoms with Gasteiger partial charge in [0.05, 0.1) is 6.61 Å². The molecular weight excluding hydrogens is 342 g/mol. The Kier molecular flexibility index (Phi) is 3.95. The summed E-state index contributed by atoms with van der Waals surface area (Å²) < 4.78 is 33.8. The molecular formula is C19H18F2N2OS. The van der Waals surface area contributed by atoms with Crippen molar-refractivity contribution in [3.8, 4) is 5.75 Å². The third-order valence-electron chi connectivity index (χ3n) is 4.49. The maximum absolute atomic E-state index is 14.3. The Bertz CT molecular complexity index is 855. The summed E-state index contributed by atoms with van der Waals surface area (Å²) in [6.45, 7) is 4.66. The summed E-state index contributed by atoms with van der Waals surface area (Å²) in [5.74, 6) is -0.110. The molecule has 130 valence electrons. The lowest BCUT2D eigenvalue weighted by Crippen LogP contribution is -2.44. The Balaban J connectivity index is 1.84. The molecule has 0 aromatic heterocycles. The van der Waals surface area contributed by atoms with Gasteiger partial charge in [-0.25, -0.2) is 8.78 Å². The Labute approximate surface area is 149 Å². The Morgan fingerprint density at radius 1 is 1.20 bits per heavy atom. The molecule has 3 nitrogen and oxygen atoms in total. The fourth-order valence-electron chi connectivity index (χ4n) is 3.40. The van der Waals surface area contributed by atoms with E-state index in [4.69, 9.17) is 4.74 Å². The number of nitrogens with zero attached hydrogens (tertiary/aromatic N) is 2. The van der Waals surface area contributed by atoms with Crippen molar-refractivity contribution in [2.75, 3.05) is 6.61 Å². The molecule has 25 heavy (non-hydrogen) atoms. The summed E-state index contributed by atoms with van der Waals surface area (Å²) in [6.07, 6.45) is 0.719. The molecule has 2 aromatic carbocycles. The number of thioether (sulfide) groups is 1. The van der Waals surface area contributed by atoms with Gasteiger partial charge in [-0.2, -0.15) is 5.10 Å². The second-order valence-corrected chi connectivity index (χ2v) is 7.71. The molecule has 0 radical (unpaired) electrons. The monoisotopic (exact) mass is 360 g/mol. The molecule has 0 aliphatic carbocycles. The maximum atomic E-state index is 14.3. The van der Waals surface area contributed by atoms with Gasteiger partial charge < -0.3 is 4.74 Å². The van der Waals surface area contributed by atoms with Crippen molar-refractivity contribution in [1.29, 1.82) is 0 Å². The topological polar surface area (TPSA) is 24.8 Å². The van der Waals surface area contributed by atoms with Crippen molar-refractivity contribution < 1.29 is 13.5 Å². The number of hydrogen-bond acceptors (Lipinski definition) is 4. The molecule has 1 spiro atoms. The molecule has 1 atom stereocenters. The first-order chi connectivity index (χ1) is 12.0. The first kappa shape index (κ1) is 16.4. The summed E-state index contributed by atoms with van der Waals surface area (Å²) in [5.41, 5.74) is 1.23. The van der Waals surface area contributed by atoms with Crippen LogP contribution in [0.4, 0.5) is 8.78 Å². The molecule has 2 aliphatic rings. The summed E-state index contributed by atoms with van der Waals surface area (Å²) >= 11 is 1.48. The van der Waals surface area contributed by atoms with E-state index in [1.807, 2.05) is 29.3 Å². The van der Waals surface area contributed by atoms with Crippen molar-refractivity contribution in [3.05, 3.63) is 65.2 Å². The van der Waals surface area contributed by atoms with Gasteiger partial charge in [0.15, 0.2) is 0 Å². The Hall–Kier alpha value is -2.08. The van der Waals surface area contributed by atoms with Gasteiger partial charge in [0.2, 0.25) is 0 Å². The third-order valence-corrected chi connectivity index (χ3v) is 5.93. The lowest BCUT2D eigenvalue weighted by molar-refractivity contribution is 0.0945. The van der Waals surface area contributed by atoms with E-state index in [9.17, 15) is 8.78 Å². The molecule has 4 rings (SSSR count). The van der Waals surface area contributed by atoms with E-state index in [1.54, 1.807) is 0 Å². The fourth-order valence-corrected chi connectivity index (χ4v) is 4.93. The lowest BCUT2D eigenvalue weighted by Gasteiger charge is -2.42. The van der Waals surface area contributed by atoms with Gasteiger partial charge in [-0.05, 0) is 38.1 Å². The van der Waals surface area contributed by atoms with Gasteiger partial charge in [-0.15, -0.1) is 0 Å². The summed E-state index contributed by atoms with van der Waals surface area (Å²) in [7, 11) is 0. The van der Waals surface area contributed by atoms with Crippen LogP contribution >= 0.6 is 11.8 Å². The van der Waals surface area contributed by atoms with Crippen molar-refractivity contribution >= 4 is 16.8 Å². The molecule has 0 N–H and O–H groups in total. The average molecular weight is 360 g/mol. The van der Waals surface area contributed by atoms with Crippen LogP contribution in [0.2, 0.25) is 0 Å². The van der Waals surface area contributed by atoms with Gasteiger partial charge in [-0.1, -0.05) is 30.0 Å². The van der Waals surface area contributed by atoms with Crippen LogP contribution in [0, 0.1) is 11.6 Å². The first-order valence-electron chi connectivity index (χ1n) is 8.26. The quantitative estimate of drug-likeness (QED) is 0.775. The van der Waals surface area contributed by atoms with Gasteiger partial charge in [-0.3, -0.25) is 5.01 Å². The van der Waals surface area contributed by atoms with E-state index in [0.29, 0.717) is 11.7 Å². The van der Waals surface area contributed by atoms with Crippen LogP contribution in [0.5, 0.6) is 5.75 Å². The second kappa shape index (κ2) is 6.02. The van der Waals surface area contributed by atoms with E-state index in [2.05, 4.69) is 18.9 Å². The SMILES string of the molecule is CC(C)N1N=C(c2cc(F)ccc2F)SC12CCOc1ccccc12. The van der Waals surface area contributed by atoms with E-state index in [1.165, 1.54) is 17.8 Å². The number of ether oxygens (including phenoxy) is 1. The molecule has 0 saturated heterocycles. The van der Waals surface area contributed by atoms with Crippen LogP contribution in [-0.4, -0.2) is 22.7 Å². The molecule has 1 unspecified atom stereocenters. The van der Waals surface area contributed by atoms with Crippen molar-refractivity contribution in [2.24, 2.45) is 5.10 Å². The number of halogens is 2. The predicted molar refractivity (Wildman–Crippen MR) is 95.7 cm³/mol. The van der Waals surface area contributed by atoms with E-state index < -0.39 is 16.5 Å². The zero-order valence-corrected chi connectivity index (χ0v) is 14.8. The van der Waals surface area contributed by atoms with E-state index in [0.717, 1.165) is 29.9 Å². The maximum Gasteiger partial charge on any atom is 0.141 e. The van der Waals surface area contributed by atoms with E-state index >= 15 is 0 Å². The normalized spacial score (nSPS) is 22.1. The number of benzene rings is 2. The number of hydrogen-bond donors (Lipinski definition) is 0. The van der Waals surface area contributed by atoms with Crippen molar-refractivity contribution in [1.82, 2.24) is 5.01 Å². The highest BCUT2D eigenvalue weighted by molar-refractivity contribution is 8.15. The van der Waals surface area contributed by atoms with Crippen LogP contribution in [0.1, 0.15) is 31.4 Å². The Morgan fingerprint density at radius 3 is 2.80 bits per heavy atom. The largest absolute Gasteiger partial charge is 0.493 e. The van der Waals surface area contributed by atoms with Crippen LogP contribution in [0.25, 0.3) is 0 Å². The minimum absolute atomic E-state index is 0.104. The number of hydrazone groups is 1. The molecule has 0 saturated carbocycles. The summed E-state index contributed by atoms with van der Waals surface area (Å²) in [5, 5.41) is 7.19. The molecule has 6 heteroatoms. The molecule has 0 bridgehead atoms. The number of rotatable bonds is 2. The molecule has 2 aromatic rings. The van der Waals surface area contributed by atoms with Crippen LogP contribution in [0.3, 0.4) is 0 Å². The van der Waals surface area contributed by atoms with Gasteiger partial charge in [0.1, 0.15) is 27.3 Å². The minimum atomic E-state index is -0.468. The lowest BCUT2D eigenvalue weighted by atomic mass is 9.98. The summed E-state index contributed by atoms with van der Waals surface area (Å²) in [4.78, 5) is -0.461. The second-order valence-electron chi connectivity index (χ2n) is 6.45. The van der Waals surface area contributed by atoms with Crippen molar-refractivity contribution in [2.45, 2.75) is 31.2 Å². The zero-order chi connectivity index (χ0) is 17.6. The summed E-state index contributed by atoms with van der Waals surface area (Å²) in [6, 6.07) is 11.5. The van der Waals surface area contributed by atoms with Crippen LogP contribution < -0.4 is 4.74 Å². The van der Waals surface area contributed by atoms with E-state index in [-0.39, 0.29) is 11.6 Å². The molecule has 0 amide bonds. The standard InChI is InChI=1S/C19H18F2N2OS/c1-12(2)23-19(9-10-24-17-6-4-3-5-15(17)19)25-18(22-23)14-11-13(20)7-8-16(14)21/h3-8,11-12H,9-10H2,1-2H3. The molecule has 0 fully saturated rings. The highest BCUT2D eigenvalue weighted by atomic mass is 32.2. The van der Waals surface area contributed by atoms with Crippen molar-refractivity contribution in [3.63, 3.8) is 0 Å². The van der Waals surface area contributed by atoms with Gasteiger partial charge in [0, 0.05) is 23.6 Å². The predicted octanol–water partition coefficient (Wildman–Crippen LogP) is 4.72. The Morgan fingerprint density at radius 2 is 2.00 bits per heavy atom. The smallest absolute Gasteiger partial charge is 0.141 e.